The second-order valence-electron chi connectivity index (χ2n) is 5.07. The maximum atomic E-state index is 11.5. The topological polar surface area (TPSA) is 60.5 Å². The highest BCUT2D eigenvalue weighted by atomic mass is 16.5. The summed E-state index contributed by atoms with van der Waals surface area (Å²) in [5, 5.41) is 0.932. The van der Waals surface area contributed by atoms with Crippen LogP contribution in [-0.2, 0) is 11.3 Å². The molecular weight excluding hydrogens is 254 g/mol. The maximum Gasteiger partial charge on any atom is 0.250 e. The number of nitrogens with zero attached hydrogens (tertiary/aromatic N) is 2. The van der Waals surface area contributed by atoms with Gasteiger partial charge in [-0.15, -0.1) is 0 Å². The van der Waals surface area contributed by atoms with Gasteiger partial charge in [-0.1, -0.05) is 18.2 Å². The summed E-state index contributed by atoms with van der Waals surface area (Å²) < 4.78 is 7.46. The Labute approximate surface area is 117 Å². The number of amides is 1. The van der Waals surface area contributed by atoms with Gasteiger partial charge in [0.15, 0.2) is 0 Å². The predicted octanol–water partition coefficient (Wildman–Crippen LogP) is 1.07. The molecule has 0 radical (unpaired) electrons. The lowest BCUT2D eigenvalue weighted by molar-refractivity contribution is 0.0365. The van der Waals surface area contributed by atoms with Crippen molar-refractivity contribution < 1.29 is 9.53 Å². The highest BCUT2D eigenvalue weighted by Gasteiger charge is 2.14. The number of aromatic nitrogens is 1. The fourth-order valence-corrected chi connectivity index (χ4v) is 2.70. The summed E-state index contributed by atoms with van der Waals surface area (Å²) in [5.41, 5.74) is 7.12. The van der Waals surface area contributed by atoms with Gasteiger partial charge in [0.05, 0.1) is 18.8 Å². The van der Waals surface area contributed by atoms with Crippen LogP contribution in [0.2, 0.25) is 0 Å². The molecule has 1 aromatic heterocycles. The Morgan fingerprint density at radius 2 is 1.95 bits per heavy atom. The lowest BCUT2D eigenvalue weighted by atomic mass is 10.2. The Balaban J connectivity index is 1.82. The molecule has 0 unspecified atom stereocenters. The van der Waals surface area contributed by atoms with E-state index in [1.807, 2.05) is 30.5 Å². The zero-order chi connectivity index (χ0) is 13.9. The van der Waals surface area contributed by atoms with Crippen LogP contribution in [0.4, 0.5) is 0 Å². The zero-order valence-corrected chi connectivity index (χ0v) is 11.4. The Kier molecular flexibility index (Phi) is 3.71. The summed E-state index contributed by atoms with van der Waals surface area (Å²) in [7, 11) is 0. The highest BCUT2D eigenvalue weighted by Crippen LogP contribution is 2.21. The van der Waals surface area contributed by atoms with Gasteiger partial charge in [0.1, 0.15) is 0 Å². The van der Waals surface area contributed by atoms with Crippen molar-refractivity contribution in [1.29, 1.82) is 0 Å². The molecule has 5 nitrogen and oxygen atoms in total. The van der Waals surface area contributed by atoms with E-state index in [0.29, 0.717) is 5.56 Å². The molecule has 2 heterocycles. The first-order valence-corrected chi connectivity index (χ1v) is 6.93. The highest BCUT2D eigenvalue weighted by molar-refractivity contribution is 6.06. The van der Waals surface area contributed by atoms with Crippen molar-refractivity contribution in [3.8, 4) is 0 Å². The molecule has 1 aliphatic heterocycles. The average molecular weight is 273 g/mol. The Bertz CT molecular complexity index is 615. The summed E-state index contributed by atoms with van der Waals surface area (Å²) in [6, 6.07) is 7.89. The number of hydrogen-bond donors (Lipinski definition) is 1. The molecule has 0 atom stereocenters. The second kappa shape index (κ2) is 5.64. The smallest absolute Gasteiger partial charge is 0.250 e. The number of primary amides is 1. The standard InChI is InChI=1S/C15H19N3O2/c16-15(19)13-11-18(14-4-2-1-3-12(13)14)6-5-17-7-9-20-10-8-17/h1-4,11H,5-10H2,(H2,16,19). The van der Waals surface area contributed by atoms with Gasteiger partial charge in [-0.3, -0.25) is 9.69 Å². The van der Waals surface area contributed by atoms with E-state index in [2.05, 4.69) is 9.47 Å². The number of carbonyl (C=O) groups is 1. The number of fused-ring (bicyclic) bond motifs is 1. The van der Waals surface area contributed by atoms with Gasteiger partial charge < -0.3 is 15.0 Å². The molecule has 0 saturated carbocycles. The van der Waals surface area contributed by atoms with Crippen LogP contribution in [0.25, 0.3) is 10.9 Å². The molecule has 2 N–H and O–H groups in total. The van der Waals surface area contributed by atoms with E-state index in [1.165, 1.54) is 0 Å². The molecular formula is C15H19N3O2. The quantitative estimate of drug-likeness (QED) is 0.906. The predicted molar refractivity (Wildman–Crippen MR) is 77.7 cm³/mol. The number of ether oxygens (including phenoxy) is 1. The van der Waals surface area contributed by atoms with Crippen LogP contribution in [-0.4, -0.2) is 48.2 Å². The Morgan fingerprint density at radius 1 is 1.20 bits per heavy atom. The van der Waals surface area contributed by atoms with Crippen molar-refractivity contribution >= 4 is 16.8 Å². The summed E-state index contributed by atoms with van der Waals surface area (Å²) in [6.45, 7) is 5.37. The third kappa shape index (κ3) is 2.55. The van der Waals surface area contributed by atoms with E-state index in [1.54, 1.807) is 0 Å². The van der Waals surface area contributed by atoms with E-state index in [4.69, 9.17) is 10.5 Å². The largest absolute Gasteiger partial charge is 0.379 e. The maximum absolute atomic E-state index is 11.5. The molecule has 20 heavy (non-hydrogen) atoms. The Hall–Kier alpha value is -1.85. The van der Waals surface area contributed by atoms with E-state index in [-0.39, 0.29) is 5.91 Å². The van der Waals surface area contributed by atoms with Crippen molar-refractivity contribution in [3.63, 3.8) is 0 Å². The van der Waals surface area contributed by atoms with Crippen LogP contribution >= 0.6 is 0 Å². The third-order valence-electron chi connectivity index (χ3n) is 3.81. The first kappa shape index (κ1) is 13.1. The third-order valence-corrected chi connectivity index (χ3v) is 3.81. The van der Waals surface area contributed by atoms with Crippen molar-refractivity contribution in [2.75, 3.05) is 32.8 Å². The summed E-state index contributed by atoms with van der Waals surface area (Å²) in [6.07, 6.45) is 1.87. The molecule has 2 aromatic rings. The van der Waals surface area contributed by atoms with Crippen molar-refractivity contribution in [2.24, 2.45) is 5.73 Å². The monoisotopic (exact) mass is 273 g/mol. The molecule has 1 amide bonds. The molecule has 1 saturated heterocycles. The average Bonchev–Trinajstić information content (AvgIpc) is 2.85. The number of morpholine rings is 1. The number of para-hydroxylation sites is 1. The fourth-order valence-electron chi connectivity index (χ4n) is 2.70. The minimum Gasteiger partial charge on any atom is -0.379 e. The van der Waals surface area contributed by atoms with Crippen LogP contribution in [0, 0.1) is 0 Å². The van der Waals surface area contributed by atoms with Crippen molar-refractivity contribution in [3.05, 3.63) is 36.0 Å². The van der Waals surface area contributed by atoms with Gasteiger partial charge in [-0.05, 0) is 6.07 Å². The van der Waals surface area contributed by atoms with Crippen LogP contribution < -0.4 is 5.73 Å². The van der Waals surface area contributed by atoms with Crippen LogP contribution in [0.1, 0.15) is 10.4 Å². The molecule has 0 bridgehead atoms. The van der Waals surface area contributed by atoms with Crippen LogP contribution in [0.15, 0.2) is 30.5 Å². The number of rotatable bonds is 4. The first-order valence-electron chi connectivity index (χ1n) is 6.93. The number of nitrogens with two attached hydrogens (primary N) is 1. The minimum absolute atomic E-state index is 0.369. The summed E-state index contributed by atoms with van der Waals surface area (Å²) in [5.74, 6) is -0.369. The molecule has 1 aliphatic rings. The van der Waals surface area contributed by atoms with Gasteiger partial charge in [-0.25, -0.2) is 0 Å². The van der Waals surface area contributed by atoms with E-state index < -0.39 is 0 Å². The van der Waals surface area contributed by atoms with E-state index in [9.17, 15) is 4.79 Å². The molecule has 5 heteroatoms. The summed E-state index contributed by atoms with van der Waals surface area (Å²) >= 11 is 0. The van der Waals surface area contributed by atoms with Gasteiger partial charge >= 0.3 is 0 Å². The molecule has 106 valence electrons. The fraction of sp³-hybridized carbons (Fsp3) is 0.400. The van der Waals surface area contributed by atoms with E-state index in [0.717, 1.165) is 50.3 Å². The lowest BCUT2D eigenvalue weighted by Gasteiger charge is -2.26. The molecule has 0 aliphatic carbocycles. The van der Waals surface area contributed by atoms with Gasteiger partial charge in [0.2, 0.25) is 0 Å². The minimum atomic E-state index is -0.369. The normalized spacial score (nSPS) is 16.6. The van der Waals surface area contributed by atoms with Crippen LogP contribution in [0.5, 0.6) is 0 Å². The summed E-state index contributed by atoms with van der Waals surface area (Å²) in [4.78, 5) is 13.9. The zero-order valence-electron chi connectivity index (χ0n) is 11.4. The van der Waals surface area contributed by atoms with Crippen molar-refractivity contribution in [1.82, 2.24) is 9.47 Å². The van der Waals surface area contributed by atoms with Gasteiger partial charge in [-0.2, -0.15) is 0 Å². The molecule has 1 fully saturated rings. The van der Waals surface area contributed by atoms with Gasteiger partial charge in [0.25, 0.3) is 5.91 Å². The number of hydrogen-bond acceptors (Lipinski definition) is 3. The van der Waals surface area contributed by atoms with Crippen LogP contribution in [0.3, 0.4) is 0 Å². The van der Waals surface area contributed by atoms with E-state index >= 15 is 0 Å². The van der Waals surface area contributed by atoms with Crippen molar-refractivity contribution in [2.45, 2.75) is 6.54 Å². The Morgan fingerprint density at radius 3 is 2.70 bits per heavy atom. The lowest BCUT2D eigenvalue weighted by Crippen LogP contribution is -2.38. The molecule has 1 aromatic carbocycles. The molecule has 0 spiro atoms. The molecule has 3 rings (SSSR count). The second-order valence-corrected chi connectivity index (χ2v) is 5.07. The number of carbonyl (C=O) groups excluding carboxylic acids is 1. The SMILES string of the molecule is NC(=O)c1cn(CCN2CCOCC2)c2ccccc12. The number of benzene rings is 1. The first-order chi connectivity index (χ1) is 9.75. The van der Waals surface area contributed by atoms with Gasteiger partial charge in [0, 0.05) is 43.3 Å².